The van der Waals surface area contributed by atoms with Crippen LogP contribution in [0.5, 0.6) is 5.75 Å². The maximum absolute atomic E-state index is 14.0. The Kier molecular flexibility index (Phi) is 3.96. The highest BCUT2D eigenvalue weighted by atomic mass is 32.1. The summed E-state index contributed by atoms with van der Waals surface area (Å²) in [5.74, 6) is 5.72. The quantitative estimate of drug-likeness (QED) is 0.661. The Morgan fingerprint density at radius 2 is 2.11 bits per heavy atom. The predicted molar refractivity (Wildman–Crippen MR) is 71.2 cm³/mol. The zero-order valence-corrected chi connectivity index (χ0v) is 11.1. The third kappa shape index (κ3) is 2.38. The molecule has 3 nitrogen and oxygen atoms in total. The monoisotopic (exact) mass is 266 g/mol. The lowest BCUT2D eigenvalue weighted by Gasteiger charge is -2.17. The van der Waals surface area contributed by atoms with Gasteiger partial charge in [0.25, 0.3) is 0 Å². The molecule has 2 rings (SSSR count). The summed E-state index contributed by atoms with van der Waals surface area (Å²) >= 11 is 1.58. The first-order valence-corrected chi connectivity index (χ1v) is 6.44. The van der Waals surface area contributed by atoms with Gasteiger partial charge in [-0.25, -0.2) is 9.82 Å². The Morgan fingerprint density at radius 1 is 1.33 bits per heavy atom. The molecule has 0 bridgehead atoms. The summed E-state index contributed by atoms with van der Waals surface area (Å²) in [6, 6.07) is 4.43. The topological polar surface area (TPSA) is 47.3 Å². The fraction of sp³-hybridized carbons (Fsp3) is 0.231. The molecule has 96 valence electrons. The van der Waals surface area contributed by atoms with Crippen LogP contribution in [0.1, 0.15) is 22.7 Å². The van der Waals surface area contributed by atoms with Crippen molar-refractivity contribution in [2.24, 2.45) is 5.84 Å². The van der Waals surface area contributed by atoms with E-state index in [9.17, 15) is 4.39 Å². The molecule has 0 radical (unpaired) electrons. The Bertz CT molecular complexity index is 542. The number of hydrogen-bond acceptors (Lipinski definition) is 4. The summed E-state index contributed by atoms with van der Waals surface area (Å²) in [6.07, 6.45) is 0. The number of ether oxygens (including phenoxy) is 1. The molecule has 0 amide bonds. The summed E-state index contributed by atoms with van der Waals surface area (Å²) in [5, 5.41) is 3.99. The first kappa shape index (κ1) is 13.0. The van der Waals surface area contributed by atoms with Crippen LogP contribution in [0.4, 0.5) is 4.39 Å². The maximum Gasteiger partial charge on any atom is 0.132 e. The summed E-state index contributed by atoms with van der Waals surface area (Å²) in [6.45, 7) is 1.98. The number of thiophene rings is 1. The molecule has 0 saturated carbocycles. The van der Waals surface area contributed by atoms with Gasteiger partial charge in [0, 0.05) is 11.6 Å². The van der Waals surface area contributed by atoms with Crippen molar-refractivity contribution in [1.82, 2.24) is 5.43 Å². The van der Waals surface area contributed by atoms with Gasteiger partial charge >= 0.3 is 0 Å². The number of aryl methyl sites for hydroxylation is 1. The fourth-order valence-electron chi connectivity index (χ4n) is 1.88. The van der Waals surface area contributed by atoms with E-state index in [1.54, 1.807) is 23.5 Å². The van der Waals surface area contributed by atoms with E-state index in [4.69, 9.17) is 10.6 Å². The van der Waals surface area contributed by atoms with Crippen molar-refractivity contribution in [3.05, 3.63) is 51.5 Å². The Labute approximate surface area is 109 Å². The lowest BCUT2D eigenvalue weighted by Crippen LogP contribution is -2.29. The van der Waals surface area contributed by atoms with Crippen molar-refractivity contribution in [2.45, 2.75) is 13.0 Å². The summed E-state index contributed by atoms with van der Waals surface area (Å²) in [4.78, 5) is 0. The van der Waals surface area contributed by atoms with E-state index in [2.05, 4.69) is 5.43 Å². The van der Waals surface area contributed by atoms with Gasteiger partial charge < -0.3 is 4.74 Å². The van der Waals surface area contributed by atoms with Crippen LogP contribution in [0.25, 0.3) is 0 Å². The number of nitrogens with one attached hydrogen (secondary N) is 1. The van der Waals surface area contributed by atoms with E-state index in [0.717, 1.165) is 11.1 Å². The van der Waals surface area contributed by atoms with Crippen molar-refractivity contribution in [1.29, 1.82) is 0 Å². The minimum absolute atomic E-state index is 0.331. The molecule has 0 aliphatic rings. The van der Waals surface area contributed by atoms with Crippen LogP contribution >= 0.6 is 11.3 Å². The zero-order valence-electron chi connectivity index (χ0n) is 10.2. The SMILES string of the molecule is COc1ccc(C(NN)c2cscc2C)c(F)c1. The van der Waals surface area contributed by atoms with Crippen molar-refractivity contribution in [2.75, 3.05) is 7.11 Å². The van der Waals surface area contributed by atoms with Gasteiger partial charge in [-0.05, 0) is 34.9 Å². The highest BCUT2D eigenvalue weighted by molar-refractivity contribution is 7.08. The van der Waals surface area contributed by atoms with E-state index in [0.29, 0.717) is 11.3 Å². The zero-order chi connectivity index (χ0) is 13.1. The Balaban J connectivity index is 2.42. The first-order valence-electron chi connectivity index (χ1n) is 5.49. The third-order valence-corrected chi connectivity index (χ3v) is 3.77. The molecule has 0 aliphatic carbocycles. The summed E-state index contributed by atoms with van der Waals surface area (Å²) in [7, 11) is 1.51. The highest BCUT2D eigenvalue weighted by Gasteiger charge is 2.19. The molecule has 1 unspecified atom stereocenters. The average molecular weight is 266 g/mol. The van der Waals surface area contributed by atoms with Gasteiger partial charge in [0.1, 0.15) is 11.6 Å². The second kappa shape index (κ2) is 5.48. The van der Waals surface area contributed by atoms with Gasteiger partial charge in [0.05, 0.1) is 13.2 Å². The van der Waals surface area contributed by atoms with Gasteiger partial charge in [-0.1, -0.05) is 6.07 Å². The van der Waals surface area contributed by atoms with E-state index >= 15 is 0 Å². The Hall–Kier alpha value is -1.43. The van der Waals surface area contributed by atoms with E-state index in [1.165, 1.54) is 13.2 Å². The third-order valence-electron chi connectivity index (χ3n) is 2.89. The van der Waals surface area contributed by atoms with Crippen LogP contribution in [0.3, 0.4) is 0 Å². The van der Waals surface area contributed by atoms with Gasteiger partial charge in [-0.2, -0.15) is 11.3 Å². The molecule has 0 aliphatic heterocycles. The summed E-state index contributed by atoms with van der Waals surface area (Å²) in [5.41, 5.74) is 5.27. The number of rotatable bonds is 4. The minimum Gasteiger partial charge on any atom is -0.497 e. The largest absolute Gasteiger partial charge is 0.497 e. The lowest BCUT2D eigenvalue weighted by molar-refractivity contribution is 0.410. The normalized spacial score (nSPS) is 12.4. The van der Waals surface area contributed by atoms with Crippen LogP contribution in [0, 0.1) is 12.7 Å². The molecule has 1 heterocycles. The van der Waals surface area contributed by atoms with Crippen molar-refractivity contribution >= 4 is 11.3 Å². The van der Waals surface area contributed by atoms with Gasteiger partial charge in [0.2, 0.25) is 0 Å². The summed E-state index contributed by atoms with van der Waals surface area (Å²) < 4.78 is 19.0. The lowest BCUT2D eigenvalue weighted by atomic mass is 9.98. The standard InChI is InChI=1S/C13H15FN2OS/c1-8-6-18-7-11(8)13(16-15)10-4-3-9(17-2)5-12(10)14/h3-7,13,16H,15H2,1-2H3. The van der Waals surface area contributed by atoms with Gasteiger partial charge in [0.15, 0.2) is 0 Å². The van der Waals surface area contributed by atoms with E-state index in [-0.39, 0.29) is 11.9 Å². The predicted octanol–water partition coefficient (Wildman–Crippen LogP) is 2.76. The second-order valence-corrected chi connectivity index (χ2v) is 4.74. The fourth-order valence-corrected chi connectivity index (χ4v) is 2.76. The van der Waals surface area contributed by atoms with E-state index in [1.807, 2.05) is 17.7 Å². The molecule has 2 aromatic rings. The van der Waals surface area contributed by atoms with Crippen LogP contribution in [-0.2, 0) is 0 Å². The van der Waals surface area contributed by atoms with Crippen molar-refractivity contribution in [3.63, 3.8) is 0 Å². The molecule has 3 N–H and O–H groups in total. The smallest absolute Gasteiger partial charge is 0.132 e. The second-order valence-electron chi connectivity index (χ2n) is 4.00. The number of benzene rings is 1. The number of hydrogen-bond donors (Lipinski definition) is 2. The molecule has 0 saturated heterocycles. The molecule has 1 atom stereocenters. The van der Waals surface area contributed by atoms with Crippen LogP contribution in [-0.4, -0.2) is 7.11 Å². The maximum atomic E-state index is 14.0. The molecule has 5 heteroatoms. The molecular formula is C13H15FN2OS. The van der Waals surface area contributed by atoms with Crippen LogP contribution < -0.4 is 16.0 Å². The highest BCUT2D eigenvalue weighted by Crippen LogP contribution is 2.30. The number of nitrogens with two attached hydrogens (primary N) is 1. The van der Waals surface area contributed by atoms with Gasteiger partial charge in [-0.3, -0.25) is 5.84 Å². The minimum atomic E-state index is -0.345. The van der Waals surface area contributed by atoms with E-state index < -0.39 is 0 Å². The van der Waals surface area contributed by atoms with Crippen molar-refractivity contribution in [3.8, 4) is 5.75 Å². The van der Waals surface area contributed by atoms with Crippen molar-refractivity contribution < 1.29 is 9.13 Å². The molecule has 1 aromatic heterocycles. The average Bonchev–Trinajstić information content (AvgIpc) is 2.78. The first-order chi connectivity index (χ1) is 8.67. The number of halogens is 1. The molecule has 0 spiro atoms. The molecule has 1 aromatic carbocycles. The number of methoxy groups -OCH3 is 1. The van der Waals surface area contributed by atoms with Crippen LogP contribution in [0.15, 0.2) is 29.0 Å². The Morgan fingerprint density at radius 3 is 2.61 bits per heavy atom. The molecular weight excluding hydrogens is 251 g/mol. The molecule has 18 heavy (non-hydrogen) atoms. The van der Waals surface area contributed by atoms with Crippen LogP contribution in [0.2, 0.25) is 0 Å². The molecule has 0 fully saturated rings. The number of hydrazine groups is 1. The van der Waals surface area contributed by atoms with Gasteiger partial charge in [-0.15, -0.1) is 0 Å².